The van der Waals surface area contributed by atoms with Gasteiger partial charge in [0.2, 0.25) is 0 Å². The first-order valence-corrected chi connectivity index (χ1v) is 7.38. The Morgan fingerprint density at radius 1 is 0.952 bits per heavy atom. The molecule has 0 radical (unpaired) electrons. The van der Waals surface area contributed by atoms with Crippen LogP contribution in [0, 0.1) is 6.92 Å². The van der Waals surface area contributed by atoms with Gasteiger partial charge in [0.1, 0.15) is 18.0 Å². The SMILES string of the molecule is CNc1ncnc(NC(C)c2ccc(C)cc2)c1C(C)C. The smallest absolute Gasteiger partial charge is 0.135 e. The van der Waals surface area contributed by atoms with Gasteiger partial charge in [-0.25, -0.2) is 9.97 Å². The van der Waals surface area contributed by atoms with Crippen LogP contribution >= 0.6 is 0 Å². The lowest BCUT2D eigenvalue weighted by atomic mass is 10.0. The zero-order chi connectivity index (χ0) is 15.4. The van der Waals surface area contributed by atoms with Gasteiger partial charge in [0.25, 0.3) is 0 Å². The Morgan fingerprint density at radius 2 is 1.57 bits per heavy atom. The largest absolute Gasteiger partial charge is 0.373 e. The van der Waals surface area contributed by atoms with Crippen LogP contribution in [-0.2, 0) is 0 Å². The molecule has 2 rings (SSSR count). The summed E-state index contributed by atoms with van der Waals surface area (Å²) < 4.78 is 0. The van der Waals surface area contributed by atoms with Gasteiger partial charge in [0.05, 0.1) is 0 Å². The van der Waals surface area contributed by atoms with Gasteiger partial charge in [-0.15, -0.1) is 0 Å². The molecule has 2 N–H and O–H groups in total. The van der Waals surface area contributed by atoms with Crippen LogP contribution in [0.1, 0.15) is 49.4 Å². The number of aromatic nitrogens is 2. The van der Waals surface area contributed by atoms with Crippen LogP contribution in [-0.4, -0.2) is 17.0 Å². The molecule has 0 saturated carbocycles. The quantitative estimate of drug-likeness (QED) is 0.867. The van der Waals surface area contributed by atoms with Gasteiger partial charge in [-0.3, -0.25) is 0 Å². The average Bonchev–Trinajstić information content (AvgIpc) is 2.47. The number of aryl methyl sites for hydroxylation is 1. The van der Waals surface area contributed by atoms with Crippen molar-refractivity contribution >= 4 is 11.6 Å². The van der Waals surface area contributed by atoms with E-state index in [1.165, 1.54) is 11.1 Å². The molecule has 2 aromatic rings. The molecule has 0 aliphatic carbocycles. The van der Waals surface area contributed by atoms with E-state index in [1.54, 1.807) is 6.33 Å². The van der Waals surface area contributed by atoms with Crippen molar-refractivity contribution in [1.29, 1.82) is 0 Å². The van der Waals surface area contributed by atoms with Crippen molar-refractivity contribution < 1.29 is 0 Å². The second-order valence-corrected chi connectivity index (χ2v) is 5.67. The van der Waals surface area contributed by atoms with E-state index in [-0.39, 0.29) is 6.04 Å². The van der Waals surface area contributed by atoms with Crippen molar-refractivity contribution in [2.75, 3.05) is 17.7 Å². The summed E-state index contributed by atoms with van der Waals surface area (Å²) in [5.41, 5.74) is 3.65. The molecule has 21 heavy (non-hydrogen) atoms. The predicted molar refractivity (Wildman–Crippen MR) is 88.9 cm³/mol. The number of hydrogen-bond donors (Lipinski definition) is 2. The first kappa shape index (κ1) is 15.3. The second kappa shape index (κ2) is 6.57. The summed E-state index contributed by atoms with van der Waals surface area (Å²) in [7, 11) is 1.89. The maximum absolute atomic E-state index is 4.43. The van der Waals surface area contributed by atoms with Crippen molar-refractivity contribution in [3.8, 4) is 0 Å². The van der Waals surface area contributed by atoms with Crippen LogP contribution in [0.15, 0.2) is 30.6 Å². The minimum Gasteiger partial charge on any atom is -0.373 e. The Kier molecular flexibility index (Phi) is 4.78. The van der Waals surface area contributed by atoms with Crippen molar-refractivity contribution in [2.45, 2.75) is 39.7 Å². The lowest BCUT2D eigenvalue weighted by Crippen LogP contribution is -2.13. The fraction of sp³-hybridized carbons (Fsp3) is 0.412. The maximum atomic E-state index is 4.43. The van der Waals surface area contributed by atoms with E-state index in [9.17, 15) is 0 Å². The predicted octanol–water partition coefficient (Wildman–Crippen LogP) is 4.12. The highest BCUT2D eigenvalue weighted by Gasteiger charge is 2.16. The number of nitrogens with zero attached hydrogens (tertiary/aromatic N) is 2. The summed E-state index contributed by atoms with van der Waals surface area (Å²) in [6.45, 7) is 8.56. The van der Waals surface area contributed by atoms with Crippen LogP contribution in [0.2, 0.25) is 0 Å². The van der Waals surface area contributed by atoms with E-state index in [0.717, 1.165) is 17.2 Å². The van der Waals surface area contributed by atoms with Crippen LogP contribution in [0.4, 0.5) is 11.6 Å². The van der Waals surface area contributed by atoms with Gasteiger partial charge >= 0.3 is 0 Å². The summed E-state index contributed by atoms with van der Waals surface area (Å²) in [4.78, 5) is 8.74. The molecule has 0 aliphatic rings. The van der Waals surface area contributed by atoms with E-state index >= 15 is 0 Å². The number of rotatable bonds is 5. The number of anilines is 2. The van der Waals surface area contributed by atoms with Gasteiger partial charge in [0, 0.05) is 18.7 Å². The van der Waals surface area contributed by atoms with Gasteiger partial charge in [0.15, 0.2) is 0 Å². The van der Waals surface area contributed by atoms with Crippen LogP contribution in [0.3, 0.4) is 0 Å². The molecular formula is C17H24N4. The van der Waals surface area contributed by atoms with Crippen molar-refractivity contribution in [3.63, 3.8) is 0 Å². The van der Waals surface area contributed by atoms with E-state index in [1.807, 2.05) is 7.05 Å². The molecule has 0 bridgehead atoms. The third-order valence-corrected chi connectivity index (χ3v) is 3.63. The molecule has 4 nitrogen and oxygen atoms in total. The normalized spacial score (nSPS) is 12.3. The lowest BCUT2D eigenvalue weighted by Gasteiger charge is -2.20. The van der Waals surface area contributed by atoms with Gasteiger partial charge in [-0.05, 0) is 25.3 Å². The molecular weight excluding hydrogens is 260 g/mol. The van der Waals surface area contributed by atoms with E-state index in [2.05, 4.69) is 72.6 Å². The Bertz CT molecular complexity index is 590. The van der Waals surface area contributed by atoms with E-state index in [0.29, 0.717) is 5.92 Å². The minimum atomic E-state index is 0.197. The summed E-state index contributed by atoms with van der Waals surface area (Å²) in [5, 5.41) is 6.66. The standard InChI is InChI=1S/C17H24N4/c1-11(2)15-16(18-5)19-10-20-17(15)21-13(4)14-8-6-12(3)7-9-14/h6-11,13H,1-5H3,(H2,18,19,20,21). The molecule has 1 unspecified atom stereocenters. The summed E-state index contributed by atoms with van der Waals surface area (Å²) in [6, 6.07) is 8.78. The molecule has 1 atom stereocenters. The summed E-state index contributed by atoms with van der Waals surface area (Å²) in [5.74, 6) is 2.14. The molecule has 0 saturated heterocycles. The zero-order valence-corrected chi connectivity index (χ0v) is 13.4. The molecule has 4 heteroatoms. The number of benzene rings is 1. The van der Waals surface area contributed by atoms with Crippen molar-refractivity contribution in [2.24, 2.45) is 0 Å². The molecule has 1 aromatic carbocycles. The third kappa shape index (κ3) is 3.51. The molecule has 0 fully saturated rings. The average molecular weight is 284 g/mol. The Labute approximate surface area is 127 Å². The highest BCUT2D eigenvalue weighted by Crippen LogP contribution is 2.30. The van der Waals surface area contributed by atoms with Crippen molar-refractivity contribution in [1.82, 2.24) is 9.97 Å². The number of hydrogen-bond acceptors (Lipinski definition) is 4. The molecule has 0 amide bonds. The summed E-state index contributed by atoms with van der Waals surface area (Å²) in [6.07, 6.45) is 1.60. The molecule has 112 valence electrons. The third-order valence-electron chi connectivity index (χ3n) is 3.63. The Morgan fingerprint density at radius 3 is 2.14 bits per heavy atom. The highest BCUT2D eigenvalue weighted by atomic mass is 15.1. The first-order valence-electron chi connectivity index (χ1n) is 7.38. The molecule has 0 aliphatic heterocycles. The summed E-state index contributed by atoms with van der Waals surface area (Å²) >= 11 is 0. The number of nitrogens with one attached hydrogen (secondary N) is 2. The van der Waals surface area contributed by atoms with Crippen LogP contribution in [0.25, 0.3) is 0 Å². The molecule has 1 heterocycles. The van der Waals surface area contributed by atoms with Gasteiger partial charge in [-0.2, -0.15) is 0 Å². The Hall–Kier alpha value is -2.10. The van der Waals surface area contributed by atoms with Crippen molar-refractivity contribution in [3.05, 3.63) is 47.3 Å². The highest BCUT2D eigenvalue weighted by molar-refractivity contribution is 5.59. The van der Waals surface area contributed by atoms with E-state index in [4.69, 9.17) is 0 Å². The van der Waals surface area contributed by atoms with Gasteiger partial charge < -0.3 is 10.6 Å². The monoisotopic (exact) mass is 284 g/mol. The van der Waals surface area contributed by atoms with Crippen LogP contribution < -0.4 is 10.6 Å². The first-order chi connectivity index (χ1) is 10.0. The van der Waals surface area contributed by atoms with Crippen LogP contribution in [0.5, 0.6) is 0 Å². The second-order valence-electron chi connectivity index (χ2n) is 5.67. The topological polar surface area (TPSA) is 49.8 Å². The lowest BCUT2D eigenvalue weighted by molar-refractivity contribution is 0.820. The molecule has 0 spiro atoms. The van der Waals surface area contributed by atoms with E-state index < -0.39 is 0 Å². The fourth-order valence-electron chi connectivity index (χ4n) is 2.40. The Balaban J connectivity index is 2.28. The van der Waals surface area contributed by atoms with Gasteiger partial charge in [-0.1, -0.05) is 43.7 Å². The maximum Gasteiger partial charge on any atom is 0.135 e. The fourth-order valence-corrected chi connectivity index (χ4v) is 2.40. The molecule has 1 aromatic heterocycles. The minimum absolute atomic E-state index is 0.197. The zero-order valence-electron chi connectivity index (χ0n) is 13.4.